The van der Waals surface area contributed by atoms with E-state index in [2.05, 4.69) is 14.9 Å². The zero-order chi connectivity index (χ0) is 18.1. The second kappa shape index (κ2) is 7.03. The molecule has 1 fully saturated rings. The van der Waals surface area contributed by atoms with Gasteiger partial charge in [-0.15, -0.1) is 10.2 Å². The Kier molecular flexibility index (Phi) is 4.74. The molecule has 0 amide bonds. The van der Waals surface area contributed by atoms with Gasteiger partial charge in [0.1, 0.15) is 17.4 Å². The van der Waals surface area contributed by atoms with Crippen molar-refractivity contribution >= 4 is 32.2 Å². The van der Waals surface area contributed by atoms with Crippen LogP contribution in [0.25, 0.3) is 0 Å². The summed E-state index contributed by atoms with van der Waals surface area (Å²) in [6.07, 6.45) is 5.90. The molecule has 7 nitrogen and oxygen atoms in total. The normalized spacial score (nSPS) is 18.3. The molecular formula is C17H22N4O3S2. The summed E-state index contributed by atoms with van der Waals surface area (Å²) in [5.41, 5.74) is 0.777. The largest absolute Gasteiger partial charge is 0.490 e. The van der Waals surface area contributed by atoms with Gasteiger partial charge in [-0.2, -0.15) is 0 Å². The third-order valence-corrected chi connectivity index (χ3v) is 7.42. The molecule has 0 spiro atoms. The Morgan fingerprint density at radius 3 is 2.85 bits per heavy atom. The zero-order valence-corrected chi connectivity index (χ0v) is 16.3. The number of aromatic nitrogens is 2. The second-order valence-electron chi connectivity index (χ2n) is 6.79. The van der Waals surface area contributed by atoms with Gasteiger partial charge in [-0.05, 0) is 31.0 Å². The van der Waals surface area contributed by atoms with Crippen molar-refractivity contribution in [1.82, 2.24) is 10.2 Å². The molecule has 0 atom stereocenters. The fraction of sp³-hybridized carbons (Fsp3) is 0.529. The summed E-state index contributed by atoms with van der Waals surface area (Å²) in [6.45, 7) is 1.33. The van der Waals surface area contributed by atoms with Gasteiger partial charge in [-0.3, -0.25) is 4.72 Å². The molecule has 2 aromatic rings. The summed E-state index contributed by atoms with van der Waals surface area (Å²) in [5.74, 6) is 1.11. The van der Waals surface area contributed by atoms with Gasteiger partial charge in [-0.25, -0.2) is 8.42 Å². The minimum atomic E-state index is -3.71. The Morgan fingerprint density at radius 2 is 2.04 bits per heavy atom. The van der Waals surface area contributed by atoms with E-state index in [9.17, 15) is 8.42 Å². The molecular weight excluding hydrogens is 372 g/mol. The first-order valence-electron chi connectivity index (χ1n) is 8.87. The molecule has 9 heteroatoms. The van der Waals surface area contributed by atoms with Gasteiger partial charge < -0.3 is 9.64 Å². The molecule has 0 saturated heterocycles. The average Bonchev–Trinajstić information content (AvgIpc) is 3.10. The van der Waals surface area contributed by atoms with Crippen molar-refractivity contribution in [1.29, 1.82) is 0 Å². The average molecular weight is 395 g/mol. The fourth-order valence-corrected chi connectivity index (χ4v) is 5.62. The molecule has 26 heavy (non-hydrogen) atoms. The topological polar surface area (TPSA) is 84.4 Å². The van der Waals surface area contributed by atoms with Crippen molar-refractivity contribution in [2.45, 2.75) is 42.9 Å². The molecule has 4 rings (SSSR count). The van der Waals surface area contributed by atoms with Crippen LogP contribution < -0.4 is 14.4 Å². The second-order valence-corrected chi connectivity index (χ2v) is 9.48. The van der Waals surface area contributed by atoms with E-state index in [4.69, 9.17) is 4.74 Å². The number of hydrogen-bond acceptors (Lipinski definition) is 7. The number of anilines is 2. The van der Waals surface area contributed by atoms with E-state index < -0.39 is 10.0 Å². The van der Waals surface area contributed by atoms with Crippen LogP contribution in [-0.2, 0) is 10.0 Å². The third-order valence-electron chi connectivity index (χ3n) is 4.95. The number of fused-ring (bicyclic) bond motifs is 1. The van der Waals surface area contributed by atoms with Crippen molar-refractivity contribution in [2.24, 2.45) is 0 Å². The molecule has 0 radical (unpaired) electrons. The van der Waals surface area contributed by atoms with Crippen LogP contribution in [-0.4, -0.2) is 38.8 Å². The van der Waals surface area contributed by atoms with Gasteiger partial charge >= 0.3 is 0 Å². The molecule has 0 bridgehead atoms. The minimum Gasteiger partial charge on any atom is -0.490 e. The summed E-state index contributed by atoms with van der Waals surface area (Å²) < 4.78 is 33.6. The van der Waals surface area contributed by atoms with Gasteiger partial charge in [0.25, 0.3) is 10.0 Å². The van der Waals surface area contributed by atoms with Crippen LogP contribution in [0.5, 0.6) is 5.75 Å². The Hall–Kier alpha value is -1.87. The highest BCUT2D eigenvalue weighted by Gasteiger charge is 2.24. The molecule has 1 aromatic carbocycles. The number of sulfonamides is 1. The SMILES string of the molecule is CN1CCOc2ccc(S(=O)(=O)Nc3nnc(C4CCCCC4)s3)cc21. The highest BCUT2D eigenvalue weighted by Crippen LogP contribution is 2.36. The third kappa shape index (κ3) is 3.50. The fourth-order valence-electron chi connectivity index (χ4n) is 3.46. The van der Waals surface area contributed by atoms with Crippen molar-refractivity contribution in [3.8, 4) is 5.75 Å². The number of nitrogens with zero attached hydrogens (tertiary/aromatic N) is 3. The highest BCUT2D eigenvalue weighted by atomic mass is 32.2. The first-order valence-corrected chi connectivity index (χ1v) is 11.2. The summed E-state index contributed by atoms with van der Waals surface area (Å²) in [5, 5.41) is 9.52. The molecule has 1 aromatic heterocycles. The van der Waals surface area contributed by atoms with Crippen LogP contribution in [0.1, 0.15) is 43.0 Å². The van der Waals surface area contributed by atoms with Crippen LogP contribution in [0, 0.1) is 0 Å². The number of likely N-dealkylation sites (N-methyl/N-ethyl adjacent to an activating group) is 1. The molecule has 2 heterocycles. The van der Waals surface area contributed by atoms with E-state index in [0.29, 0.717) is 23.4 Å². The number of nitrogens with one attached hydrogen (secondary N) is 1. The van der Waals surface area contributed by atoms with Crippen LogP contribution in [0.4, 0.5) is 10.8 Å². The number of benzene rings is 1. The van der Waals surface area contributed by atoms with Gasteiger partial charge in [0.15, 0.2) is 0 Å². The molecule has 140 valence electrons. The summed E-state index contributed by atoms with van der Waals surface area (Å²) in [6, 6.07) is 4.90. The van der Waals surface area contributed by atoms with E-state index in [0.717, 1.165) is 30.1 Å². The van der Waals surface area contributed by atoms with Crippen molar-refractivity contribution in [3.63, 3.8) is 0 Å². The summed E-state index contributed by atoms with van der Waals surface area (Å²) in [7, 11) is -1.79. The van der Waals surface area contributed by atoms with E-state index >= 15 is 0 Å². The molecule has 0 unspecified atom stereocenters. The first-order chi connectivity index (χ1) is 12.5. The van der Waals surface area contributed by atoms with Crippen LogP contribution >= 0.6 is 11.3 Å². The lowest BCUT2D eigenvalue weighted by Crippen LogP contribution is -2.29. The van der Waals surface area contributed by atoms with E-state index in [1.54, 1.807) is 18.2 Å². The highest BCUT2D eigenvalue weighted by molar-refractivity contribution is 7.93. The summed E-state index contributed by atoms with van der Waals surface area (Å²) in [4.78, 5) is 2.19. The quantitative estimate of drug-likeness (QED) is 0.857. The lowest BCUT2D eigenvalue weighted by Gasteiger charge is -2.27. The van der Waals surface area contributed by atoms with Crippen LogP contribution in [0.15, 0.2) is 23.1 Å². The van der Waals surface area contributed by atoms with Crippen molar-refractivity contribution in [2.75, 3.05) is 29.8 Å². The minimum absolute atomic E-state index is 0.197. The van der Waals surface area contributed by atoms with Crippen LogP contribution in [0.2, 0.25) is 0 Å². The number of rotatable bonds is 4. The van der Waals surface area contributed by atoms with Gasteiger partial charge in [-0.1, -0.05) is 30.6 Å². The first kappa shape index (κ1) is 17.5. The maximum Gasteiger partial charge on any atom is 0.263 e. The smallest absolute Gasteiger partial charge is 0.263 e. The van der Waals surface area contributed by atoms with Crippen molar-refractivity contribution < 1.29 is 13.2 Å². The van der Waals surface area contributed by atoms with Crippen LogP contribution in [0.3, 0.4) is 0 Å². The Balaban J connectivity index is 1.54. The monoisotopic (exact) mass is 394 g/mol. The molecule has 1 aliphatic heterocycles. The maximum absolute atomic E-state index is 12.7. The molecule has 1 N–H and O–H groups in total. The Bertz CT molecular complexity index is 891. The number of ether oxygens (including phenoxy) is 1. The van der Waals surface area contributed by atoms with Gasteiger partial charge in [0.2, 0.25) is 5.13 Å². The van der Waals surface area contributed by atoms with E-state index in [-0.39, 0.29) is 4.90 Å². The predicted molar refractivity (Wildman–Crippen MR) is 102 cm³/mol. The molecule has 2 aliphatic rings. The lowest BCUT2D eigenvalue weighted by molar-refractivity contribution is 0.311. The van der Waals surface area contributed by atoms with E-state index in [1.807, 2.05) is 11.9 Å². The lowest BCUT2D eigenvalue weighted by atomic mass is 9.90. The van der Waals surface area contributed by atoms with E-state index in [1.165, 1.54) is 30.6 Å². The zero-order valence-electron chi connectivity index (χ0n) is 14.6. The van der Waals surface area contributed by atoms with Crippen molar-refractivity contribution in [3.05, 3.63) is 23.2 Å². The predicted octanol–water partition coefficient (Wildman–Crippen LogP) is 3.22. The number of hydrogen-bond donors (Lipinski definition) is 1. The van der Waals surface area contributed by atoms with Gasteiger partial charge in [0.05, 0.1) is 17.1 Å². The maximum atomic E-state index is 12.7. The Morgan fingerprint density at radius 1 is 1.23 bits per heavy atom. The molecule has 1 saturated carbocycles. The molecule has 1 aliphatic carbocycles. The summed E-state index contributed by atoms with van der Waals surface area (Å²) >= 11 is 1.34. The Labute approximate surface area is 157 Å². The van der Waals surface area contributed by atoms with Gasteiger partial charge in [0, 0.05) is 13.0 Å². The standard InChI is InChI=1S/C17H22N4O3S2/c1-21-9-10-24-15-8-7-13(11-14(15)21)26(22,23)20-17-19-18-16(25-17)12-5-3-2-4-6-12/h7-8,11-12H,2-6,9-10H2,1H3,(H,19,20).